The van der Waals surface area contributed by atoms with E-state index in [2.05, 4.69) is 0 Å². The standard InChI is InChI=1S/C15H16FNO/c1-11-7-14(5-6-15(11)16)18-10-13-4-2-3-12(8-13)9-17/h2-8H,9-10,17H2,1H3. The molecule has 2 N–H and O–H groups in total. The minimum atomic E-state index is -0.215. The maximum absolute atomic E-state index is 13.1. The van der Waals surface area contributed by atoms with Crippen LogP contribution in [-0.2, 0) is 13.2 Å². The molecule has 2 aromatic rings. The van der Waals surface area contributed by atoms with Crippen LogP contribution in [-0.4, -0.2) is 0 Å². The van der Waals surface area contributed by atoms with Crippen molar-refractivity contribution in [3.05, 3.63) is 65.0 Å². The van der Waals surface area contributed by atoms with Gasteiger partial charge in [0.15, 0.2) is 0 Å². The zero-order chi connectivity index (χ0) is 13.0. The molecule has 0 unspecified atom stereocenters. The fraction of sp³-hybridized carbons (Fsp3) is 0.200. The Labute approximate surface area is 106 Å². The van der Waals surface area contributed by atoms with Gasteiger partial charge in [-0.05, 0) is 41.8 Å². The average molecular weight is 245 g/mol. The van der Waals surface area contributed by atoms with Gasteiger partial charge in [0.05, 0.1) is 0 Å². The lowest BCUT2D eigenvalue weighted by Gasteiger charge is -2.08. The van der Waals surface area contributed by atoms with Crippen molar-refractivity contribution in [2.75, 3.05) is 0 Å². The van der Waals surface area contributed by atoms with E-state index in [1.54, 1.807) is 19.1 Å². The van der Waals surface area contributed by atoms with Gasteiger partial charge in [-0.3, -0.25) is 0 Å². The van der Waals surface area contributed by atoms with Crippen LogP contribution in [0.3, 0.4) is 0 Å². The van der Waals surface area contributed by atoms with Gasteiger partial charge in [0.25, 0.3) is 0 Å². The zero-order valence-corrected chi connectivity index (χ0v) is 10.3. The number of aryl methyl sites for hydroxylation is 1. The van der Waals surface area contributed by atoms with Gasteiger partial charge in [-0.1, -0.05) is 24.3 Å². The van der Waals surface area contributed by atoms with Gasteiger partial charge in [-0.15, -0.1) is 0 Å². The third kappa shape index (κ3) is 3.08. The first-order valence-electron chi connectivity index (χ1n) is 5.86. The molecule has 0 spiro atoms. The summed E-state index contributed by atoms with van der Waals surface area (Å²) in [6.07, 6.45) is 0. The van der Waals surface area contributed by atoms with Gasteiger partial charge >= 0.3 is 0 Å². The van der Waals surface area contributed by atoms with E-state index in [-0.39, 0.29) is 5.82 Å². The SMILES string of the molecule is Cc1cc(OCc2cccc(CN)c2)ccc1F. The van der Waals surface area contributed by atoms with Gasteiger partial charge in [-0.25, -0.2) is 4.39 Å². The molecule has 2 aromatic carbocycles. The molecular formula is C15H16FNO. The Hall–Kier alpha value is -1.87. The minimum absolute atomic E-state index is 0.215. The van der Waals surface area contributed by atoms with E-state index >= 15 is 0 Å². The lowest BCUT2D eigenvalue weighted by Crippen LogP contribution is -2.00. The van der Waals surface area contributed by atoms with Gasteiger partial charge in [0.2, 0.25) is 0 Å². The Bertz CT molecular complexity index is 540. The molecular weight excluding hydrogens is 229 g/mol. The van der Waals surface area contributed by atoms with Crippen molar-refractivity contribution >= 4 is 0 Å². The summed E-state index contributed by atoms with van der Waals surface area (Å²) in [7, 11) is 0. The summed E-state index contributed by atoms with van der Waals surface area (Å²) < 4.78 is 18.7. The number of nitrogens with two attached hydrogens (primary N) is 1. The molecule has 0 aromatic heterocycles. The van der Waals surface area contributed by atoms with Gasteiger partial charge < -0.3 is 10.5 Å². The van der Waals surface area contributed by atoms with E-state index in [1.165, 1.54) is 6.07 Å². The summed E-state index contributed by atoms with van der Waals surface area (Å²) in [6, 6.07) is 12.7. The van der Waals surface area contributed by atoms with E-state index in [4.69, 9.17) is 10.5 Å². The van der Waals surface area contributed by atoms with E-state index in [0.29, 0.717) is 24.5 Å². The van der Waals surface area contributed by atoms with Crippen LogP contribution in [0.2, 0.25) is 0 Å². The molecule has 0 atom stereocenters. The number of halogens is 1. The molecule has 0 aliphatic rings. The number of ether oxygens (including phenoxy) is 1. The van der Waals surface area contributed by atoms with Crippen molar-refractivity contribution in [2.24, 2.45) is 5.73 Å². The van der Waals surface area contributed by atoms with Crippen molar-refractivity contribution < 1.29 is 9.13 Å². The van der Waals surface area contributed by atoms with Crippen molar-refractivity contribution in [3.63, 3.8) is 0 Å². The second kappa shape index (κ2) is 5.65. The van der Waals surface area contributed by atoms with Crippen LogP contribution in [0.15, 0.2) is 42.5 Å². The van der Waals surface area contributed by atoms with Crippen molar-refractivity contribution in [2.45, 2.75) is 20.1 Å². The molecule has 0 bridgehead atoms. The van der Waals surface area contributed by atoms with Crippen LogP contribution in [0.1, 0.15) is 16.7 Å². The molecule has 0 fully saturated rings. The van der Waals surface area contributed by atoms with Crippen molar-refractivity contribution in [1.82, 2.24) is 0 Å². The predicted octanol–water partition coefficient (Wildman–Crippen LogP) is 3.17. The molecule has 0 saturated heterocycles. The lowest BCUT2D eigenvalue weighted by molar-refractivity contribution is 0.305. The van der Waals surface area contributed by atoms with Crippen LogP contribution in [0.5, 0.6) is 5.75 Å². The third-order valence-electron chi connectivity index (χ3n) is 2.76. The third-order valence-corrected chi connectivity index (χ3v) is 2.76. The minimum Gasteiger partial charge on any atom is -0.489 e. The quantitative estimate of drug-likeness (QED) is 0.898. The van der Waals surface area contributed by atoms with E-state index in [0.717, 1.165) is 11.1 Å². The Morgan fingerprint density at radius 1 is 1.11 bits per heavy atom. The lowest BCUT2D eigenvalue weighted by atomic mass is 10.1. The van der Waals surface area contributed by atoms with Gasteiger partial charge in [0, 0.05) is 6.54 Å². The number of hydrogen-bond donors (Lipinski definition) is 1. The van der Waals surface area contributed by atoms with E-state index in [9.17, 15) is 4.39 Å². The molecule has 3 heteroatoms. The Morgan fingerprint density at radius 3 is 2.61 bits per heavy atom. The largest absolute Gasteiger partial charge is 0.489 e. The maximum atomic E-state index is 13.1. The summed E-state index contributed by atoms with van der Waals surface area (Å²) in [6.45, 7) is 2.69. The summed E-state index contributed by atoms with van der Waals surface area (Å²) in [5, 5.41) is 0. The van der Waals surface area contributed by atoms with Crippen LogP contribution < -0.4 is 10.5 Å². The van der Waals surface area contributed by atoms with Gasteiger partial charge in [0.1, 0.15) is 18.2 Å². The van der Waals surface area contributed by atoms with Crippen molar-refractivity contribution in [3.8, 4) is 5.75 Å². The highest BCUT2D eigenvalue weighted by molar-refractivity contribution is 5.29. The Morgan fingerprint density at radius 2 is 1.89 bits per heavy atom. The number of rotatable bonds is 4. The molecule has 0 amide bonds. The second-order valence-corrected chi connectivity index (χ2v) is 4.22. The Balaban J connectivity index is 2.04. The fourth-order valence-electron chi connectivity index (χ4n) is 1.72. The summed E-state index contributed by atoms with van der Waals surface area (Å²) in [5.74, 6) is 0.458. The fourth-order valence-corrected chi connectivity index (χ4v) is 1.72. The monoisotopic (exact) mass is 245 g/mol. The Kier molecular flexibility index (Phi) is 3.95. The highest BCUT2D eigenvalue weighted by atomic mass is 19.1. The smallest absolute Gasteiger partial charge is 0.126 e. The highest BCUT2D eigenvalue weighted by Gasteiger charge is 2.01. The van der Waals surface area contributed by atoms with Crippen LogP contribution in [0.25, 0.3) is 0 Å². The highest BCUT2D eigenvalue weighted by Crippen LogP contribution is 2.17. The summed E-state index contributed by atoms with van der Waals surface area (Å²) in [4.78, 5) is 0. The van der Waals surface area contributed by atoms with E-state index in [1.807, 2.05) is 24.3 Å². The molecule has 0 heterocycles. The maximum Gasteiger partial charge on any atom is 0.126 e. The molecule has 2 nitrogen and oxygen atoms in total. The van der Waals surface area contributed by atoms with E-state index < -0.39 is 0 Å². The second-order valence-electron chi connectivity index (χ2n) is 4.22. The predicted molar refractivity (Wildman–Crippen MR) is 69.8 cm³/mol. The van der Waals surface area contributed by atoms with Gasteiger partial charge in [-0.2, -0.15) is 0 Å². The van der Waals surface area contributed by atoms with Crippen molar-refractivity contribution in [1.29, 1.82) is 0 Å². The van der Waals surface area contributed by atoms with Crippen LogP contribution in [0.4, 0.5) is 4.39 Å². The molecule has 2 rings (SSSR count). The summed E-state index contributed by atoms with van der Waals surface area (Å²) in [5.41, 5.74) is 8.30. The molecule has 0 aliphatic heterocycles. The topological polar surface area (TPSA) is 35.2 Å². The average Bonchev–Trinajstić information content (AvgIpc) is 2.40. The molecule has 0 radical (unpaired) electrons. The normalized spacial score (nSPS) is 10.4. The number of benzene rings is 2. The first-order chi connectivity index (χ1) is 8.69. The molecule has 0 saturated carbocycles. The summed E-state index contributed by atoms with van der Waals surface area (Å²) >= 11 is 0. The first-order valence-corrected chi connectivity index (χ1v) is 5.86. The molecule has 94 valence electrons. The number of hydrogen-bond acceptors (Lipinski definition) is 2. The van der Waals surface area contributed by atoms with Crippen LogP contribution in [0, 0.1) is 12.7 Å². The first kappa shape index (κ1) is 12.6. The molecule has 18 heavy (non-hydrogen) atoms. The van der Waals surface area contributed by atoms with Crippen LogP contribution >= 0.6 is 0 Å². The zero-order valence-electron chi connectivity index (χ0n) is 10.3. The molecule has 0 aliphatic carbocycles.